The molecule has 2 aromatic carbocycles. The smallest absolute Gasteiger partial charge is 0.414 e. The average molecular weight is 566 g/mol. The zero-order chi connectivity index (χ0) is 28.4. The number of nitrogens with one attached hydrogen (secondary N) is 2. The maximum atomic E-state index is 13.1. The highest BCUT2D eigenvalue weighted by molar-refractivity contribution is 8.00. The minimum Gasteiger partial charge on any atom is -0.466 e. The number of esters is 1. The van der Waals surface area contributed by atoms with Gasteiger partial charge in [-0.05, 0) is 42.0 Å². The van der Waals surface area contributed by atoms with Gasteiger partial charge in [0.25, 0.3) is 5.56 Å². The molecule has 2 N–H and O–H groups in total. The highest BCUT2D eigenvalue weighted by Gasteiger charge is 2.32. The van der Waals surface area contributed by atoms with Crippen LogP contribution in [-0.2, 0) is 32.7 Å². The first-order valence-corrected chi connectivity index (χ1v) is 13.5. The summed E-state index contributed by atoms with van der Waals surface area (Å²) in [6.07, 6.45) is 1.89. The fraction of sp³-hybridized carbons (Fsp3) is 0.296. The van der Waals surface area contributed by atoms with Gasteiger partial charge in [-0.1, -0.05) is 6.07 Å². The number of nitrogens with zero attached hydrogens (tertiary/aromatic N) is 3. The third-order valence-corrected chi connectivity index (χ3v) is 7.73. The van der Waals surface area contributed by atoms with Crippen molar-refractivity contribution < 1.29 is 23.9 Å². The minimum atomic E-state index is -0.509. The number of hydrogen-bond donors (Lipinski definition) is 2. The lowest BCUT2D eigenvalue weighted by atomic mass is 10.1. The topological polar surface area (TPSA) is 141 Å². The maximum Gasteiger partial charge on any atom is 0.414 e. The molecule has 3 heterocycles. The second-order valence-electron chi connectivity index (χ2n) is 9.27. The molecule has 0 aliphatic carbocycles. The zero-order valence-electron chi connectivity index (χ0n) is 21.8. The molecule has 1 saturated heterocycles. The number of cyclic esters (lactones) is 1. The highest BCUT2D eigenvalue weighted by atomic mass is 32.2. The Morgan fingerprint density at radius 1 is 1.20 bits per heavy atom. The van der Waals surface area contributed by atoms with Gasteiger partial charge in [0.15, 0.2) is 0 Å². The van der Waals surface area contributed by atoms with Crippen LogP contribution in [0.2, 0.25) is 0 Å². The van der Waals surface area contributed by atoms with E-state index in [1.54, 1.807) is 37.4 Å². The van der Waals surface area contributed by atoms with Gasteiger partial charge in [-0.3, -0.25) is 23.6 Å². The summed E-state index contributed by atoms with van der Waals surface area (Å²) in [5.41, 5.74) is 1.51. The number of carbonyl (C=O) groups excluding carboxylic acids is 3. The van der Waals surface area contributed by atoms with E-state index in [1.165, 1.54) is 34.4 Å². The molecule has 1 aromatic heterocycles. The van der Waals surface area contributed by atoms with Crippen molar-refractivity contribution in [3.8, 4) is 0 Å². The van der Waals surface area contributed by atoms with Crippen molar-refractivity contribution in [3.63, 3.8) is 0 Å². The van der Waals surface area contributed by atoms with Crippen LogP contribution in [0.5, 0.6) is 0 Å². The molecule has 2 aliphatic rings. The van der Waals surface area contributed by atoms with Crippen molar-refractivity contribution in [1.82, 2.24) is 14.5 Å². The van der Waals surface area contributed by atoms with Gasteiger partial charge in [-0.15, -0.1) is 11.8 Å². The first-order valence-electron chi connectivity index (χ1n) is 12.5. The van der Waals surface area contributed by atoms with Crippen molar-refractivity contribution in [2.75, 3.05) is 42.7 Å². The SMILES string of the molecule is COC(=O)C=Cc1ccc2c(=O)n(CCNC[C@H]3CN(c4ccc5c(c4)NC(=O)CS5)C(=O)O3)c(=O)n(C)c2c1. The van der Waals surface area contributed by atoms with Crippen molar-refractivity contribution in [1.29, 1.82) is 0 Å². The molecule has 2 amide bonds. The van der Waals surface area contributed by atoms with Crippen LogP contribution >= 0.6 is 11.8 Å². The minimum absolute atomic E-state index is 0.0846. The summed E-state index contributed by atoms with van der Waals surface area (Å²) in [4.78, 5) is 64.1. The van der Waals surface area contributed by atoms with Gasteiger partial charge in [-0.25, -0.2) is 14.4 Å². The molecule has 0 radical (unpaired) electrons. The number of fused-ring (bicyclic) bond motifs is 2. The number of rotatable bonds is 8. The molecule has 0 bridgehead atoms. The standard InChI is InChI=1S/C27H27N5O7S/c1-30-21-11-16(4-8-24(34)38-2)3-6-19(21)25(35)31(26(30)36)10-9-28-13-18-14-32(27(37)39-18)17-5-7-22-20(12-17)29-23(33)15-40-22/h3-8,11-12,18,28H,9-10,13-15H2,1-2H3,(H,29,33)/t18-/m0/s1. The Morgan fingerprint density at radius 2 is 2.02 bits per heavy atom. The second-order valence-corrected chi connectivity index (χ2v) is 10.3. The first-order chi connectivity index (χ1) is 19.2. The molecule has 208 valence electrons. The van der Waals surface area contributed by atoms with Crippen LogP contribution in [0.25, 0.3) is 17.0 Å². The highest BCUT2D eigenvalue weighted by Crippen LogP contribution is 2.35. The van der Waals surface area contributed by atoms with E-state index >= 15 is 0 Å². The molecule has 40 heavy (non-hydrogen) atoms. The summed E-state index contributed by atoms with van der Waals surface area (Å²) >= 11 is 1.45. The summed E-state index contributed by atoms with van der Waals surface area (Å²) in [5, 5.41) is 6.36. The molecule has 5 rings (SSSR count). The first kappa shape index (κ1) is 27.2. The van der Waals surface area contributed by atoms with Crippen LogP contribution < -0.4 is 26.8 Å². The quantitative estimate of drug-likeness (QED) is 0.236. The summed E-state index contributed by atoms with van der Waals surface area (Å²) in [5.74, 6) is -0.233. The Bertz CT molecular complexity index is 1660. The largest absolute Gasteiger partial charge is 0.466 e. The van der Waals surface area contributed by atoms with E-state index in [4.69, 9.17) is 4.74 Å². The van der Waals surface area contributed by atoms with Crippen LogP contribution in [0, 0.1) is 0 Å². The second kappa shape index (κ2) is 11.4. The number of ether oxygens (including phenoxy) is 2. The Hall–Kier alpha value is -4.36. The van der Waals surface area contributed by atoms with Crippen LogP contribution in [0.1, 0.15) is 5.56 Å². The van der Waals surface area contributed by atoms with Gasteiger partial charge < -0.3 is 20.1 Å². The number of aromatic nitrogens is 2. The summed E-state index contributed by atoms with van der Waals surface area (Å²) < 4.78 is 12.6. The molecule has 3 aromatic rings. The van der Waals surface area contributed by atoms with Crippen molar-refractivity contribution in [2.24, 2.45) is 7.05 Å². The lowest BCUT2D eigenvalue weighted by Crippen LogP contribution is -2.42. The van der Waals surface area contributed by atoms with Gasteiger partial charge in [0, 0.05) is 43.3 Å². The van der Waals surface area contributed by atoms with Crippen molar-refractivity contribution in [3.05, 3.63) is 68.9 Å². The van der Waals surface area contributed by atoms with E-state index < -0.39 is 29.4 Å². The normalized spacial score (nSPS) is 16.8. The van der Waals surface area contributed by atoms with Crippen LogP contribution in [0.15, 0.2) is 57.0 Å². The van der Waals surface area contributed by atoms with Gasteiger partial charge in [-0.2, -0.15) is 0 Å². The van der Waals surface area contributed by atoms with Gasteiger partial charge in [0.1, 0.15) is 6.10 Å². The van der Waals surface area contributed by atoms with E-state index in [0.29, 0.717) is 53.2 Å². The zero-order valence-corrected chi connectivity index (χ0v) is 22.7. The molecule has 1 fully saturated rings. The maximum absolute atomic E-state index is 13.1. The van der Waals surface area contributed by atoms with Gasteiger partial charge in [0.05, 0.1) is 36.0 Å². The Balaban J connectivity index is 1.21. The predicted octanol–water partition coefficient (Wildman–Crippen LogP) is 1.55. The lowest BCUT2D eigenvalue weighted by molar-refractivity contribution is -0.134. The van der Waals surface area contributed by atoms with Crippen LogP contribution in [-0.4, -0.2) is 65.7 Å². The lowest BCUT2D eigenvalue weighted by Gasteiger charge is -2.20. The van der Waals surface area contributed by atoms with Gasteiger partial charge in [0.2, 0.25) is 5.91 Å². The van der Waals surface area contributed by atoms with Crippen molar-refractivity contribution in [2.45, 2.75) is 17.5 Å². The van der Waals surface area contributed by atoms with E-state index in [2.05, 4.69) is 15.4 Å². The summed E-state index contributed by atoms with van der Waals surface area (Å²) in [6.45, 7) is 1.07. The molecule has 12 nitrogen and oxygen atoms in total. The van der Waals surface area contributed by atoms with E-state index in [-0.39, 0.29) is 12.5 Å². The number of amides is 2. The van der Waals surface area contributed by atoms with E-state index in [1.807, 2.05) is 12.1 Å². The number of anilines is 2. The number of methoxy groups -OCH3 is 1. The Labute approximate surface area is 232 Å². The molecule has 1 atom stereocenters. The molecule has 0 spiro atoms. The Kier molecular flexibility index (Phi) is 7.76. The van der Waals surface area contributed by atoms with Crippen molar-refractivity contribution >= 4 is 58.1 Å². The van der Waals surface area contributed by atoms with E-state index in [0.717, 1.165) is 9.46 Å². The molecule has 0 unspecified atom stereocenters. The Morgan fingerprint density at radius 3 is 2.83 bits per heavy atom. The predicted molar refractivity (Wildman–Crippen MR) is 151 cm³/mol. The van der Waals surface area contributed by atoms with Crippen LogP contribution in [0.3, 0.4) is 0 Å². The van der Waals surface area contributed by atoms with Gasteiger partial charge >= 0.3 is 17.8 Å². The molecule has 13 heteroatoms. The fourth-order valence-electron chi connectivity index (χ4n) is 4.59. The number of thioether (sulfide) groups is 1. The summed E-state index contributed by atoms with van der Waals surface area (Å²) in [7, 11) is 2.86. The average Bonchev–Trinajstić information content (AvgIpc) is 3.33. The third kappa shape index (κ3) is 5.51. The molecular formula is C27H27N5O7S. The number of aryl methyl sites for hydroxylation is 1. The number of benzene rings is 2. The molecule has 2 aliphatic heterocycles. The molecule has 0 saturated carbocycles. The summed E-state index contributed by atoms with van der Waals surface area (Å²) in [6, 6.07) is 10.4. The van der Waals surface area contributed by atoms with E-state index in [9.17, 15) is 24.0 Å². The van der Waals surface area contributed by atoms with Crippen LogP contribution in [0.4, 0.5) is 16.2 Å². The monoisotopic (exact) mass is 565 g/mol. The number of carbonyl (C=O) groups is 3. The third-order valence-electron chi connectivity index (χ3n) is 6.66. The number of hydrogen-bond acceptors (Lipinski definition) is 9. The fourth-order valence-corrected chi connectivity index (χ4v) is 5.38. The molecular weight excluding hydrogens is 538 g/mol.